The van der Waals surface area contributed by atoms with Crippen molar-refractivity contribution in [2.45, 2.75) is 60.2 Å². The highest BCUT2D eigenvalue weighted by atomic mass is 16.5. The molecule has 6 atom stereocenters. The predicted octanol–water partition coefficient (Wildman–Crippen LogP) is 3.09. The Kier molecular flexibility index (Phi) is 4.72. The van der Waals surface area contributed by atoms with E-state index < -0.39 is 5.41 Å². The lowest BCUT2D eigenvalue weighted by Crippen LogP contribution is -2.47. The van der Waals surface area contributed by atoms with E-state index in [9.17, 15) is 9.59 Å². The molecule has 0 aromatic carbocycles. The van der Waals surface area contributed by atoms with E-state index in [4.69, 9.17) is 9.47 Å². The minimum Gasteiger partial charge on any atom is -0.461 e. The van der Waals surface area contributed by atoms with Gasteiger partial charge in [-0.1, -0.05) is 20.8 Å². The Morgan fingerprint density at radius 2 is 1.91 bits per heavy atom. The van der Waals surface area contributed by atoms with Gasteiger partial charge < -0.3 is 9.47 Å². The van der Waals surface area contributed by atoms with Crippen LogP contribution in [0.4, 0.5) is 0 Å². The van der Waals surface area contributed by atoms with Gasteiger partial charge in [0.2, 0.25) is 0 Å². The Bertz CT molecular complexity index is 454. The van der Waals surface area contributed by atoms with Gasteiger partial charge in [-0.15, -0.1) is 0 Å². The number of ether oxygens (including phenoxy) is 2. The number of carbonyl (C=O) groups is 2. The second-order valence-corrected chi connectivity index (χ2v) is 8.00. The van der Waals surface area contributed by atoms with Crippen LogP contribution in [-0.4, -0.2) is 31.1 Å². The molecule has 4 heteroatoms. The van der Waals surface area contributed by atoms with Gasteiger partial charge in [-0.05, 0) is 38.0 Å². The minimum absolute atomic E-state index is 0.0783. The van der Waals surface area contributed by atoms with Crippen LogP contribution in [0.1, 0.15) is 48.0 Å². The zero-order chi connectivity index (χ0) is 16.8. The van der Waals surface area contributed by atoms with E-state index in [1.165, 1.54) is 6.92 Å². The Labute approximate surface area is 133 Å². The Morgan fingerprint density at radius 3 is 2.36 bits per heavy atom. The molecule has 22 heavy (non-hydrogen) atoms. The summed E-state index contributed by atoms with van der Waals surface area (Å²) >= 11 is 0. The van der Waals surface area contributed by atoms with Gasteiger partial charge in [-0.3, -0.25) is 9.59 Å². The molecule has 2 rings (SSSR count). The number of hydrogen-bond acceptors (Lipinski definition) is 4. The molecule has 2 aliphatic rings. The topological polar surface area (TPSA) is 52.6 Å². The molecule has 2 aliphatic carbocycles. The molecule has 0 aliphatic heterocycles. The van der Waals surface area contributed by atoms with Crippen LogP contribution >= 0.6 is 0 Å². The maximum atomic E-state index is 13.0. The van der Waals surface area contributed by atoms with Crippen molar-refractivity contribution in [2.24, 2.45) is 35.0 Å². The summed E-state index contributed by atoms with van der Waals surface area (Å²) in [6.07, 6.45) is 0.706. The first-order valence-corrected chi connectivity index (χ1v) is 8.37. The SMILES string of the molecule is COC1CC(C(C)C)C2C(C(=O)C(C)(C)[C@H]2OC(C)=O)C1C. The van der Waals surface area contributed by atoms with Crippen molar-refractivity contribution in [3.05, 3.63) is 0 Å². The van der Waals surface area contributed by atoms with Crippen LogP contribution in [0.5, 0.6) is 0 Å². The van der Waals surface area contributed by atoms with Gasteiger partial charge in [0.25, 0.3) is 0 Å². The van der Waals surface area contributed by atoms with Crippen LogP contribution < -0.4 is 0 Å². The Morgan fingerprint density at radius 1 is 1.32 bits per heavy atom. The lowest BCUT2D eigenvalue weighted by Gasteiger charge is -2.45. The quantitative estimate of drug-likeness (QED) is 0.752. The van der Waals surface area contributed by atoms with Gasteiger partial charge in [0.1, 0.15) is 11.9 Å². The molecule has 0 spiro atoms. The van der Waals surface area contributed by atoms with Crippen molar-refractivity contribution < 1.29 is 19.1 Å². The van der Waals surface area contributed by atoms with E-state index >= 15 is 0 Å². The fourth-order valence-corrected chi connectivity index (χ4v) is 4.80. The van der Waals surface area contributed by atoms with E-state index in [2.05, 4.69) is 20.8 Å². The average molecular weight is 310 g/mol. The normalized spacial score (nSPS) is 40.6. The number of ketones is 1. The molecule has 4 nitrogen and oxygen atoms in total. The summed E-state index contributed by atoms with van der Waals surface area (Å²) in [4.78, 5) is 24.6. The highest BCUT2D eigenvalue weighted by Crippen LogP contribution is 2.56. The van der Waals surface area contributed by atoms with Crippen LogP contribution in [0.3, 0.4) is 0 Å². The highest BCUT2D eigenvalue weighted by Gasteiger charge is 2.63. The molecule has 5 unspecified atom stereocenters. The summed E-state index contributed by atoms with van der Waals surface area (Å²) in [5, 5.41) is 0. The largest absolute Gasteiger partial charge is 0.461 e. The Hall–Kier alpha value is -0.900. The fourth-order valence-electron chi connectivity index (χ4n) is 4.80. The van der Waals surface area contributed by atoms with Gasteiger partial charge >= 0.3 is 5.97 Å². The number of Topliss-reactive ketones (excluding diaryl/α,β-unsaturated/α-hetero) is 1. The Balaban J connectivity index is 2.47. The number of methoxy groups -OCH3 is 1. The molecular formula is C18H30O4. The van der Waals surface area contributed by atoms with Gasteiger partial charge in [-0.2, -0.15) is 0 Å². The summed E-state index contributed by atoms with van der Waals surface area (Å²) in [6.45, 7) is 11.8. The van der Waals surface area contributed by atoms with Crippen molar-refractivity contribution in [2.75, 3.05) is 7.11 Å². The highest BCUT2D eigenvalue weighted by molar-refractivity contribution is 5.91. The van der Waals surface area contributed by atoms with E-state index in [0.717, 1.165) is 6.42 Å². The molecule has 0 N–H and O–H groups in total. The third-order valence-electron chi connectivity index (χ3n) is 6.02. The smallest absolute Gasteiger partial charge is 0.302 e. The molecule has 0 amide bonds. The van der Waals surface area contributed by atoms with Gasteiger partial charge in [0.05, 0.1) is 11.5 Å². The molecular weight excluding hydrogens is 280 g/mol. The second-order valence-electron chi connectivity index (χ2n) is 8.00. The van der Waals surface area contributed by atoms with Crippen LogP contribution in [-0.2, 0) is 19.1 Å². The van der Waals surface area contributed by atoms with Crippen molar-refractivity contribution >= 4 is 11.8 Å². The summed E-state index contributed by atoms with van der Waals surface area (Å²) in [6, 6.07) is 0. The molecule has 0 saturated heterocycles. The number of esters is 1. The number of hydrogen-bond donors (Lipinski definition) is 0. The molecule has 0 radical (unpaired) electrons. The van der Waals surface area contributed by atoms with Crippen molar-refractivity contribution in [3.8, 4) is 0 Å². The minimum atomic E-state index is -0.620. The predicted molar refractivity (Wildman–Crippen MR) is 84.2 cm³/mol. The molecule has 0 heterocycles. The average Bonchev–Trinajstić information content (AvgIpc) is 2.60. The van der Waals surface area contributed by atoms with E-state index in [1.807, 2.05) is 13.8 Å². The maximum Gasteiger partial charge on any atom is 0.302 e. The van der Waals surface area contributed by atoms with Crippen molar-refractivity contribution in [1.29, 1.82) is 0 Å². The van der Waals surface area contributed by atoms with Crippen LogP contribution in [0.15, 0.2) is 0 Å². The zero-order valence-electron chi connectivity index (χ0n) is 14.9. The van der Waals surface area contributed by atoms with E-state index in [0.29, 0.717) is 11.8 Å². The summed E-state index contributed by atoms with van der Waals surface area (Å²) < 4.78 is 11.3. The molecule has 2 fully saturated rings. The standard InChI is InChI=1S/C18H30O4/c1-9(2)12-8-13(21-7)10(3)14-15(12)17(22-11(4)19)18(5,6)16(14)20/h9-10,12-15,17H,8H2,1-7H3/t10?,12?,13?,14?,15?,17-/m0/s1. The number of carbonyl (C=O) groups excluding carboxylic acids is 2. The van der Waals surface area contributed by atoms with Crippen LogP contribution in [0.2, 0.25) is 0 Å². The monoisotopic (exact) mass is 310 g/mol. The van der Waals surface area contributed by atoms with Gasteiger partial charge in [0.15, 0.2) is 0 Å². The number of fused-ring (bicyclic) bond motifs is 1. The van der Waals surface area contributed by atoms with Gasteiger partial charge in [-0.25, -0.2) is 0 Å². The third kappa shape index (κ3) is 2.60. The number of rotatable bonds is 3. The summed E-state index contributed by atoms with van der Waals surface area (Å²) in [5.41, 5.74) is -0.620. The first-order valence-electron chi connectivity index (χ1n) is 8.37. The van der Waals surface area contributed by atoms with Gasteiger partial charge in [0, 0.05) is 25.9 Å². The third-order valence-corrected chi connectivity index (χ3v) is 6.02. The summed E-state index contributed by atoms with van der Waals surface area (Å²) in [7, 11) is 1.73. The van der Waals surface area contributed by atoms with E-state index in [1.54, 1.807) is 7.11 Å². The fraction of sp³-hybridized carbons (Fsp3) is 0.889. The van der Waals surface area contributed by atoms with Crippen molar-refractivity contribution in [3.63, 3.8) is 0 Å². The lowest BCUT2D eigenvalue weighted by molar-refractivity contribution is -0.159. The molecule has 0 aromatic rings. The molecule has 126 valence electrons. The summed E-state index contributed by atoms with van der Waals surface area (Å²) in [5.74, 6) is 0.883. The van der Waals surface area contributed by atoms with Crippen LogP contribution in [0.25, 0.3) is 0 Å². The molecule has 2 saturated carbocycles. The van der Waals surface area contributed by atoms with Crippen molar-refractivity contribution in [1.82, 2.24) is 0 Å². The first kappa shape index (κ1) is 17.5. The molecule has 0 bridgehead atoms. The molecule has 0 aromatic heterocycles. The van der Waals surface area contributed by atoms with E-state index in [-0.39, 0.29) is 41.7 Å². The first-order chi connectivity index (χ1) is 10.1. The second kappa shape index (κ2) is 5.95. The van der Waals surface area contributed by atoms with Crippen LogP contribution in [0, 0.1) is 35.0 Å². The zero-order valence-corrected chi connectivity index (χ0v) is 14.9. The maximum absolute atomic E-state index is 13.0. The lowest BCUT2D eigenvalue weighted by atomic mass is 9.63.